The minimum Gasteiger partial charge on any atom is -0.379 e. The summed E-state index contributed by atoms with van der Waals surface area (Å²) >= 11 is 7.50. The number of benzene rings is 1. The first-order chi connectivity index (χ1) is 17.9. The number of amides is 2. The lowest BCUT2D eigenvalue weighted by Crippen LogP contribution is -2.54. The van der Waals surface area contributed by atoms with Crippen molar-refractivity contribution >= 4 is 41.0 Å². The second-order valence-electron chi connectivity index (χ2n) is 9.05. The van der Waals surface area contributed by atoms with Crippen LogP contribution in [-0.2, 0) is 9.53 Å². The number of carbonyl (C=O) groups excluding carboxylic acids is 2. The lowest BCUT2D eigenvalue weighted by molar-refractivity contribution is -0.118. The molecule has 9 nitrogen and oxygen atoms in total. The van der Waals surface area contributed by atoms with Crippen molar-refractivity contribution in [3.05, 3.63) is 46.9 Å². The average molecular weight is 551 g/mol. The molecule has 1 N–H and O–H groups in total. The van der Waals surface area contributed by atoms with E-state index in [-0.39, 0.29) is 34.3 Å². The van der Waals surface area contributed by atoms with Crippen molar-refractivity contribution in [2.75, 3.05) is 69.7 Å². The van der Waals surface area contributed by atoms with Gasteiger partial charge in [-0.1, -0.05) is 35.5 Å². The van der Waals surface area contributed by atoms with E-state index in [0.29, 0.717) is 37.2 Å². The molecule has 1 aromatic heterocycles. The van der Waals surface area contributed by atoms with Gasteiger partial charge in [0.1, 0.15) is 16.8 Å². The monoisotopic (exact) mass is 550 g/mol. The molecule has 0 saturated carbocycles. The number of carbonyl (C=O) groups is 2. The van der Waals surface area contributed by atoms with Crippen LogP contribution >= 0.6 is 23.4 Å². The normalized spacial score (nSPS) is 18.6. The topological polar surface area (TPSA) is 90.9 Å². The van der Waals surface area contributed by atoms with Gasteiger partial charge in [-0.3, -0.25) is 14.5 Å². The maximum absolute atomic E-state index is 14.1. The second kappa shape index (κ2) is 13.4. The summed E-state index contributed by atoms with van der Waals surface area (Å²) in [5.41, 5.74) is 0.0749. The molecule has 0 radical (unpaired) electrons. The van der Waals surface area contributed by atoms with Gasteiger partial charge in [0.25, 0.3) is 5.91 Å². The fourth-order valence-electron chi connectivity index (χ4n) is 4.41. The molecule has 2 aromatic rings. The number of thioether (sulfide) groups is 1. The van der Waals surface area contributed by atoms with E-state index in [9.17, 15) is 14.0 Å². The predicted molar refractivity (Wildman–Crippen MR) is 142 cm³/mol. The molecule has 2 aliphatic rings. The number of anilines is 1. The molecule has 1 unspecified atom stereocenters. The van der Waals surface area contributed by atoms with E-state index in [1.165, 1.54) is 23.9 Å². The largest absolute Gasteiger partial charge is 0.379 e. The third kappa shape index (κ3) is 7.76. The number of nitrogens with one attached hydrogen (secondary N) is 1. The molecule has 2 fully saturated rings. The highest BCUT2D eigenvalue weighted by molar-refractivity contribution is 7.99. The SMILES string of the molecule is CC1CN(c2cc(Cl)nc(SCC(=O)NCCCN3CCOCC3)n2)CCN1C(=O)c1ccccc1F. The highest BCUT2D eigenvalue weighted by Gasteiger charge is 2.30. The highest BCUT2D eigenvalue weighted by atomic mass is 35.5. The van der Waals surface area contributed by atoms with Crippen LogP contribution in [0.4, 0.5) is 10.2 Å². The maximum Gasteiger partial charge on any atom is 0.257 e. The zero-order valence-corrected chi connectivity index (χ0v) is 22.4. The molecule has 1 aromatic carbocycles. The number of hydrogen-bond acceptors (Lipinski definition) is 8. The molecule has 1 atom stereocenters. The van der Waals surface area contributed by atoms with Crippen molar-refractivity contribution in [3.63, 3.8) is 0 Å². The van der Waals surface area contributed by atoms with Crippen molar-refractivity contribution in [2.45, 2.75) is 24.5 Å². The van der Waals surface area contributed by atoms with Gasteiger partial charge in [-0.2, -0.15) is 0 Å². The maximum atomic E-state index is 14.1. The molecule has 12 heteroatoms. The van der Waals surface area contributed by atoms with Crippen LogP contribution < -0.4 is 10.2 Å². The Hall–Kier alpha value is -2.47. The van der Waals surface area contributed by atoms with Crippen LogP contribution in [0.3, 0.4) is 0 Å². The van der Waals surface area contributed by atoms with Gasteiger partial charge in [0.15, 0.2) is 5.16 Å². The fourth-order valence-corrected chi connectivity index (χ4v) is 5.32. The molecule has 2 aliphatic heterocycles. The quantitative estimate of drug-likeness (QED) is 0.220. The molecule has 2 amide bonds. The third-order valence-corrected chi connectivity index (χ3v) is 7.43. The van der Waals surface area contributed by atoms with Crippen LogP contribution in [0.5, 0.6) is 0 Å². The van der Waals surface area contributed by atoms with Crippen molar-refractivity contribution < 1.29 is 18.7 Å². The van der Waals surface area contributed by atoms with Gasteiger partial charge >= 0.3 is 0 Å². The number of halogens is 2. The van der Waals surface area contributed by atoms with Crippen molar-refractivity contribution in [2.24, 2.45) is 0 Å². The van der Waals surface area contributed by atoms with Crippen LogP contribution in [0.15, 0.2) is 35.5 Å². The molecule has 4 rings (SSSR count). The summed E-state index contributed by atoms with van der Waals surface area (Å²) in [7, 11) is 0. The first kappa shape index (κ1) is 27.6. The third-order valence-electron chi connectivity index (χ3n) is 6.39. The van der Waals surface area contributed by atoms with Crippen LogP contribution in [0.1, 0.15) is 23.7 Å². The number of rotatable bonds is 9. The Labute approximate surface area is 225 Å². The van der Waals surface area contributed by atoms with Gasteiger partial charge < -0.3 is 19.9 Å². The highest BCUT2D eigenvalue weighted by Crippen LogP contribution is 2.25. The molecule has 200 valence electrons. The van der Waals surface area contributed by atoms with E-state index >= 15 is 0 Å². The summed E-state index contributed by atoms with van der Waals surface area (Å²) in [4.78, 5) is 40.1. The van der Waals surface area contributed by atoms with Gasteiger partial charge in [-0.05, 0) is 32.0 Å². The lowest BCUT2D eigenvalue weighted by atomic mass is 10.1. The lowest BCUT2D eigenvalue weighted by Gasteiger charge is -2.40. The summed E-state index contributed by atoms with van der Waals surface area (Å²) in [5.74, 6) is -0.0893. The van der Waals surface area contributed by atoms with Gasteiger partial charge in [0.2, 0.25) is 5.91 Å². The molecule has 37 heavy (non-hydrogen) atoms. The summed E-state index contributed by atoms with van der Waals surface area (Å²) < 4.78 is 19.5. The zero-order chi connectivity index (χ0) is 26.2. The number of piperazine rings is 1. The van der Waals surface area contributed by atoms with Crippen LogP contribution in [-0.4, -0.2) is 102 Å². The van der Waals surface area contributed by atoms with Gasteiger partial charge in [0.05, 0.1) is 24.5 Å². The first-order valence-corrected chi connectivity index (χ1v) is 13.8. The van der Waals surface area contributed by atoms with E-state index < -0.39 is 5.82 Å². The van der Waals surface area contributed by atoms with Crippen LogP contribution in [0.25, 0.3) is 0 Å². The van der Waals surface area contributed by atoms with E-state index in [0.717, 1.165) is 39.3 Å². The van der Waals surface area contributed by atoms with E-state index in [1.807, 2.05) is 11.8 Å². The van der Waals surface area contributed by atoms with E-state index in [2.05, 4.69) is 20.2 Å². The van der Waals surface area contributed by atoms with Gasteiger partial charge in [0, 0.05) is 51.4 Å². The summed E-state index contributed by atoms with van der Waals surface area (Å²) in [6.07, 6.45) is 0.887. The minimum absolute atomic E-state index is 0.0749. The summed E-state index contributed by atoms with van der Waals surface area (Å²) in [6.45, 7) is 8.35. The number of hydrogen-bond donors (Lipinski definition) is 1. The molecule has 2 saturated heterocycles. The number of aromatic nitrogens is 2. The molecule has 3 heterocycles. The molecular formula is C25H32ClFN6O3S. The van der Waals surface area contributed by atoms with Crippen molar-refractivity contribution in [1.29, 1.82) is 0 Å². The van der Waals surface area contributed by atoms with Crippen LogP contribution in [0.2, 0.25) is 5.15 Å². The fraction of sp³-hybridized carbons (Fsp3) is 0.520. The minimum atomic E-state index is -0.521. The zero-order valence-electron chi connectivity index (χ0n) is 20.9. The number of ether oxygens (including phenoxy) is 1. The standard InChI is InChI=1S/C25H32ClFN6O3S/c1-18-16-32(9-10-33(18)24(35)19-5-2-3-6-20(19)27)22-15-21(26)29-25(30-22)37-17-23(34)28-7-4-8-31-11-13-36-14-12-31/h2-3,5-6,15,18H,4,7-14,16-17H2,1H3,(H,28,34). The number of nitrogens with zero attached hydrogens (tertiary/aromatic N) is 5. The van der Waals surface area contributed by atoms with Gasteiger partial charge in [-0.25, -0.2) is 14.4 Å². The average Bonchev–Trinajstić information content (AvgIpc) is 2.90. The smallest absolute Gasteiger partial charge is 0.257 e. The Morgan fingerprint density at radius 2 is 1.97 bits per heavy atom. The van der Waals surface area contributed by atoms with Crippen molar-refractivity contribution in [3.8, 4) is 0 Å². The molecule has 0 bridgehead atoms. The van der Waals surface area contributed by atoms with Crippen molar-refractivity contribution in [1.82, 2.24) is 25.1 Å². The van der Waals surface area contributed by atoms with E-state index in [1.54, 1.807) is 23.1 Å². The van der Waals surface area contributed by atoms with E-state index in [4.69, 9.17) is 16.3 Å². The molecule has 0 aliphatic carbocycles. The Kier molecular flexibility index (Phi) is 9.95. The summed E-state index contributed by atoms with van der Waals surface area (Å²) in [6, 6.07) is 7.54. The van der Waals surface area contributed by atoms with Crippen LogP contribution in [0, 0.1) is 5.82 Å². The first-order valence-electron chi connectivity index (χ1n) is 12.5. The molecule has 0 spiro atoms. The number of morpholine rings is 1. The Balaban J connectivity index is 1.26. The Bertz CT molecular complexity index is 1090. The summed E-state index contributed by atoms with van der Waals surface area (Å²) in [5, 5.41) is 3.65. The predicted octanol–water partition coefficient (Wildman–Crippen LogP) is 2.55. The van der Waals surface area contributed by atoms with Gasteiger partial charge in [-0.15, -0.1) is 0 Å². The molecular weight excluding hydrogens is 519 g/mol. The Morgan fingerprint density at radius 1 is 1.19 bits per heavy atom. The second-order valence-corrected chi connectivity index (χ2v) is 10.4. The Morgan fingerprint density at radius 3 is 2.73 bits per heavy atom.